The molecule has 1 aromatic carbocycles. The number of aromatic nitrogens is 3. The smallest absolute Gasteiger partial charge is 0.369 e. The molecular weight excluding hydrogens is 617 g/mol. The minimum Gasteiger partial charge on any atom is -0.369 e. The topological polar surface area (TPSA) is 153 Å². The number of nitriles is 1. The second-order valence-electron chi connectivity index (χ2n) is 12.0. The van der Waals surface area contributed by atoms with Crippen LogP contribution in [0.1, 0.15) is 59.4 Å². The number of pyridine rings is 1. The molecule has 2 saturated heterocycles. The molecule has 12 nitrogen and oxygen atoms in total. The molecule has 47 heavy (non-hydrogen) atoms. The van der Waals surface area contributed by atoms with Crippen LogP contribution >= 0.6 is 0 Å². The summed E-state index contributed by atoms with van der Waals surface area (Å²) in [4.78, 5) is 57.0. The molecule has 0 radical (unpaired) electrons. The first-order valence-corrected chi connectivity index (χ1v) is 14.6. The number of benzene rings is 1. The van der Waals surface area contributed by atoms with Gasteiger partial charge in [-0.05, 0) is 50.1 Å². The molecule has 0 aliphatic carbocycles. The number of carbonyl (C=O) groups excluding carboxylic acids is 4. The SMILES string of the molecule is CC(C)(C(=O)Nc1cnc(C#N)c(C(F)(F)F)c1)n1cc(C#CC2CN(c3ccc4c(c3)CN([C@@H]3CCC(=O)NC3=O)C4=O)C2)cn1. The lowest BCUT2D eigenvalue weighted by Crippen LogP contribution is -2.52. The number of anilines is 2. The highest BCUT2D eigenvalue weighted by Crippen LogP contribution is 2.34. The maximum absolute atomic E-state index is 13.3. The number of fused-ring (bicyclic) bond motifs is 1. The van der Waals surface area contributed by atoms with Gasteiger partial charge in [-0.3, -0.25) is 29.2 Å². The first-order chi connectivity index (χ1) is 22.2. The number of alkyl halides is 3. The predicted octanol–water partition coefficient (Wildman–Crippen LogP) is 2.79. The Kier molecular flexibility index (Phi) is 7.71. The van der Waals surface area contributed by atoms with Gasteiger partial charge in [-0.1, -0.05) is 11.8 Å². The van der Waals surface area contributed by atoms with Gasteiger partial charge >= 0.3 is 6.18 Å². The number of rotatable bonds is 5. The largest absolute Gasteiger partial charge is 0.419 e. The molecule has 2 N–H and O–H groups in total. The van der Waals surface area contributed by atoms with Gasteiger partial charge in [-0.25, -0.2) is 4.98 Å². The lowest BCUT2D eigenvalue weighted by atomic mass is 9.98. The Morgan fingerprint density at radius 3 is 2.60 bits per heavy atom. The summed E-state index contributed by atoms with van der Waals surface area (Å²) in [5, 5.41) is 17.9. The highest BCUT2D eigenvalue weighted by atomic mass is 19.4. The molecule has 3 aliphatic rings. The third-order valence-corrected chi connectivity index (χ3v) is 8.44. The number of hydrogen-bond acceptors (Lipinski definition) is 8. The molecule has 0 saturated carbocycles. The Morgan fingerprint density at radius 1 is 1.13 bits per heavy atom. The number of imide groups is 1. The van der Waals surface area contributed by atoms with Gasteiger partial charge in [0.2, 0.25) is 11.8 Å². The molecule has 3 aliphatic heterocycles. The van der Waals surface area contributed by atoms with E-state index in [1.807, 2.05) is 12.1 Å². The van der Waals surface area contributed by atoms with Gasteiger partial charge in [-0.2, -0.15) is 23.5 Å². The van der Waals surface area contributed by atoms with Gasteiger partial charge in [0.1, 0.15) is 17.6 Å². The Bertz CT molecular complexity index is 1930. The Labute approximate surface area is 266 Å². The molecule has 240 valence electrons. The molecule has 0 spiro atoms. The van der Waals surface area contributed by atoms with Crippen LogP contribution in [0.2, 0.25) is 0 Å². The van der Waals surface area contributed by atoms with Crippen LogP contribution in [0.4, 0.5) is 24.5 Å². The second-order valence-corrected chi connectivity index (χ2v) is 12.0. The summed E-state index contributed by atoms with van der Waals surface area (Å²) in [6.45, 7) is 4.69. The Morgan fingerprint density at radius 2 is 1.89 bits per heavy atom. The third-order valence-electron chi connectivity index (χ3n) is 8.44. The fourth-order valence-corrected chi connectivity index (χ4v) is 5.64. The van der Waals surface area contributed by atoms with E-state index in [0.29, 0.717) is 43.2 Å². The number of halogens is 3. The number of amides is 4. The summed E-state index contributed by atoms with van der Waals surface area (Å²) in [5.41, 5.74) is -0.703. The van der Waals surface area contributed by atoms with Crippen molar-refractivity contribution >= 4 is 35.0 Å². The fourth-order valence-electron chi connectivity index (χ4n) is 5.64. The molecule has 2 fully saturated rings. The zero-order valence-corrected chi connectivity index (χ0v) is 25.2. The van der Waals surface area contributed by atoms with Gasteiger partial charge in [0.15, 0.2) is 5.69 Å². The summed E-state index contributed by atoms with van der Waals surface area (Å²) in [7, 11) is 0. The average Bonchev–Trinajstić information content (AvgIpc) is 3.61. The summed E-state index contributed by atoms with van der Waals surface area (Å²) >= 11 is 0. The van der Waals surface area contributed by atoms with Gasteiger partial charge in [0.05, 0.1) is 35.1 Å². The minimum atomic E-state index is -4.82. The second kappa shape index (κ2) is 11.6. The number of nitrogens with zero attached hydrogens (tertiary/aromatic N) is 6. The molecule has 0 bridgehead atoms. The van der Waals surface area contributed by atoms with Crippen molar-refractivity contribution in [2.24, 2.45) is 5.92 Å². The summed E-state index contributed by atoms with van der Waals surface area (Å²) in [5.74, 6) is 4.66. The maximum Gasteiger partial charge on any atom is 0.419 e. The summed E-state index contributed by atoms with van der Waals surface area (Å²) < 4.78 is 41.3. The normalized spacial score (nSPS) is 18.1. The van der Waals surface area contributed by atoms with E-state index in [1.165, 1.54) is 21.8 Å². The fraction of sp³-hybridized carbons (Fsp3) is 0.344. The first kappa shape index (κ1) is 31.3. The zero-order valence-electron chi connectivity index (χ0n) is 25.2. The van der Waals surface area contributed by atoms with Crippen molar-refractivity contribution in [2.45, 2.75) is 51.0 Å². The van der Waals surface area contributed by atoms with Crippen molar-refractivity contribution in [3.63, 3.8) is 0 Å². The molecule has 1 atom stereocenters. The van der Waals surface area contributed by atoms with E-state index in [0.717, 1.165) is 17.4 Å². The van der Waals surface area contributed by atoms with E-state index in [4.69, 9.17) is 5.26 Å². The predicted molar refractivity (Wildman–Crippen MR) is 159 cm³/mol. The molecule has 15 heteroatoms. The van der Waals surface area contributed by atoms with Crippen LogP contribution in [0, 0.1) is 29.1 Å². The van der Waals surface area contributed by atoms with Crippen molar-refractivity contribution in [3.8, 4) is 17.9 Å². The monoisotopic (exact) mass is 644 g/mol. The molecule has 5 heterocycles. The van der Waals surface area contributed by atoms with Crippen molar-refractivity contribution in [2.75, 3.05) is 23.3 Å². The quantitative estimate of drug-likeness (QED) is 0.318. The number of hydrogen-bond donors (Lipinski definition) is 2. The maximum atomic E-state index is 13.3. The van der Waals surface area contributed by atoms with E-state index in [9.17, 15) is 32.3 Å². The van der Waals surface area contributed by atoms with Crippen molar-refractivity contribution in [1.82, 2.24) is 25.0 Å². The first-order valence-electron chi connectivity index (χ1n) is 14.6. The van der Waals surface area contributed by atoms with Crippen LogP contribution in [0.15, 0.2) is 42.9 Å². The van der Waals surface area contributed by atoms with E-state index in [-0.39, 0.29) is 29.8 Å². The standard InChI is InChI=1S/C32H27F3N8O4/c1-31(2,30(47)39-21-10-24(32(33,34)35)25(11-36)37-13-21)43-16-18(12-38-43)3-4-19-14-41(15-19)22-5-6-23-20(9-22)17-42(29(23)46)26-7-8-27(44)40-28(26)45/h5-6,9-10,12-13,16,19,26H,7-8,14-15,17H2,1-2H3,(H,39,47)(H,40,44,45)/t26-/m1/s1. The van der Waals surface area contributed by atoms with Gasteiger partial charge in [0.25, 0.3) is 11.8 Å². The molecular formula is C32H27F3N8O4. The van der Waals surface area contributed by atoms with E-state index in [1.54, 1.807) is 26.1 Å². The van der Waals surface area contributed by atoms with Crippen molar-refractivity contribution in [1.29, 1.82) is 5.26 Å². The van der Waals surface area contributed by atoms with Crippen LogP contribution in [0.25, 0.3) is 0 Å². The van der Waals surface area contributed by atoms with Gasteiger partial charge in [-0.15, -0.1) is 0 Å². The van der Waals surface area contributed by atoms with Crippen LogP contribution < -0.4 is 15.5 Å². The van der Waals surface area contributed by atoms with Crippen LogP contribution in [0.3, 0.4) is 0 Å². The van der Waals surface area contributed by atoms with E-state index in [2.05, 4.69) is 37.5 Å². The number of nitrogens with one attached hydrogen (secondary N) is 2. The number of piperidine rings is 1. The highest BCUT2D eigenvalue weighted by molar-refractivity contribution is 6.05. The average molecular weight is 645 g/mol. The third kappa shape index (κ3) is 6.00. The van der Waals surface area contributed by atoms with Gasteiger partial charge in [0, 0.05) is 43.5 Å². The Balaban J connectivity index is 1.06. The van der Waals surface area contributed by atoms with Crippen LogP contribution in [-0.2, 0) is 32.6 Å². The highest BCUT2D eigenvalue weighted by Gasteiger charge is 2.40. The molecule has 6 rings (SSSR count). The lowest BCUT2D eigenvalue weighted by molar-refractivity contribution is -0.138. The summed E-state index contributed by atoms with van der Waals surface area (Å²) in [6.07, 6.45) is -0.261. The summed E-state index contributed by atoms with van der Waals surface area (Å²) in [6, 6.07) is 6.96. The van der Waals surface area contributed by atoms with E-state index < -0.39 is 40.8 Å². The van der Waals surface area contributed by atoms with Crippen molar-refractivity contribution in [3.05, 3.63) is 70.8 Å². The zero-order chi connectivity index (χ0) is 33.7. The number of carbonyl (C=O) groups is 4. The molecule has 2 aromatic heterocycles. The van der Waals surface area contributed by atoms with Gasteiger partial charge < -0.3 is 15.1 Å². The minimum absolute atomic E-state index is 0.0521. The Hall–Kier alpha value is -5.70. The molecule has 0 unspecified atom stereocenters. The lowest BCUT2D eigenvalue weighted by Gasteiger charge is -2.38. The van der Waals surface area contributed by atoms with Crippen LogP contribution in [-0.4, -0.2) is 62.4 Å². The molecule has 3 aromatic rings. The molecule has 4 amide bonds. The van der Waals surface area contributed by atoms with Crippen molar-refractivity contribution < 1.29 is 32.3 Å². The van der Waals surface area contributed by atoms with E-state index >= 15 is 0 Å². The van der Waals surface area contributed by atoms with Crippen LogP contribution in [0.5, 0.6) is 0 Å².